The molecule has 1 N–H and O–H groups in total. The predicted octanol–water partition coefficient (Wildman–Crippen LogP) is 7.27. The van der Waals surface area contributed by atoms with Crippen LogP contribution in [-0.4, -0.2) is 49.5 Å². The van der Waals surface area contributed by atoms with Crippen molar-refractivity contribution in [3.8, 4) is 5.75 Å². The molecule has 0 aliphatic heterocycles. The van der Waals surface area contributed by atoms with Crippen LogP contribution in [0.3, 0.4) is 0 Å². The van der Waals surface area contributed by atoms with Crippen LogP contribution in [0.1, 0.15) is 25.0 Å². The summed E-state index contributed by atoms with van der Waals surface area (Å²) in [7, 11) is 1.52. The monoisotopic (exact) mass is 534 g/mol. The number of rotatable bonds is 13. The van der Waals surface area contributed by atoms with Crippen molar-refractivity contribution in [2.75, 3.05) is 38.3 Å². The van der Waals surface area contributed by atoms with Crippen molar-refractivity contribution in [2.45, 2.75) is 33.8 Å². The molecule has 0 aliphatic carbocycles. The zero-order chi connectivity index (χ0) is 28.4. The van der Waals surface area contributed by atoms with Gasteiger partial charge in [0.15, 0.2) is 5.69 Å². The quantitative estimate of drug-likeness (QED) is 0.139. The number of hydrogen-bond donors (Lipinski definition) is 1. The Labute approximate surface area is 228 Å². The van der Waals surface area contributed by atoms with Crippen LogP contribution in [-0.2, 0) is 4.74 Å². The van der Waals surface area contributed by atoms with E-state index in [-0.39, 0.29) is 24.1 Å². The minimum absolute atomic E-state index is 0.0414. The van der Waals surface area contributed by atoms with E-state index in [2.05, 4.69) is 20.5 Å². The number of nitro benzene ring substituents is 1. The molecule has 0 radical (unpaired) electrons. The lowest BCUT2D eigenvalue weighted by molar-refractivity contribution is -0.384. The van der Waals surface area contributed by atoms with E-state index in [1.54, 1.807) is 31.2 Å². The molecule has 3 rings (SSSR count). The second-order valence-electron chi connectivity index (χ2n) is 9.11. The third-order valence-corrected chi connectivity index (χ3v) is 5.76. The van der Waals surface area contributed by atoms with Crippen molar-refractivity contribution in [1.82, 2.24) is 0 Å². The topological polar surface area (TPSA) is 135 Å². The van der Waals surface area contributed by atoms with Gasteiger partial charge < -0.3 is 19.5 Å². The Morgan fingerprint density at radius 1 is 0.923 bits per heavy atom. The Morgan fingerprint density at radius 2 is 1.62 bits per heavy atom. The minimum Gasteiger partial charge on any atom is -0.494 e. The molecule has 0 aromatic heterocycles. The summed E-state index contributed by atoms with van der Waals surface area (Å²) in [6.07, 6.45) is 0.149. The van der Waals surface area contributed by atoms with Gasteiger partial charge in [0.05, 0.1) is 42.7 Å². The van der Waals surface area contributed by atoms with Gasteiger partial charge in [-0.2, -0.15) is 5.11 Å². The summed E-state index contributed by atoms with van der Waals surface area (Å²) < 4.78 is 11.1. The molecule has 0 unspecified atom stereocenters. The SMILES string of the molecule is COc1cc(/N=N/c2ccc(C)cc2[N+](=O)[O-])c(C)cc1/N=N/c1ccc(N(CCO)CCOC(C)C)cc1. The fraction of sp³-hybridized carbons (Fsp3) is 0.357. The average Bonchev–Trinajstić information content (AvgIpc) is 2.91. The molecule has 39 heavy (non-hydrogen) atoms. The summed E-state index contributed by atoms with van der Waals surface area (Å²) in [5.41, 5.74) is 4.18. The highest BCUT2D eigenvalue weighted by Gasteiger charge is 2.14. The van der Waals surface area contributed by atoms with E-state index in [9.17, 15) is 15.2 Å². The second kappa shape index (κ2) is 14.1. The zero-order valence-corrected chi connectivity index (χ0v) is 22.9. The van der Waals surface area contributed by atoms with E-state index in [0.29, 0.717) is 42.5 Å². The van der Waals surface area contributed by atoms with Crippen molar-refractivity contribution in [3.05, 3.63) is 75.8 Å². The molecule has 11 heteroatoms. The summed E-state index contributed by atoms with van der Waals surface area (Å²) in [5, 5.41) is 37.8. The third-order valence-electron chi connectivity index (χ3n) is 5.76. The lowest BCUT2D eigenvalue weighted by atomic mass is 10.1. The van der Waals surface area contributed by atoms with Gasteiger partial charge in [0.2, 0.25) is 0 Å². The number of nitrogens with zero attached hydrogens (tertiary/aromatic N) is 6. The van der Waals surface area contributed by atoms with E-state index >= 15 is 0 Å². The molecule has 0 heterocycles. The van der Waals surface area contributed by atoms with Crippen LogP contribution in [0.5, 0.6) is 5.75 Å². The van der Waals surface area contributed by atoms with Crippen LogP contribution in [0.4, 0.5) is 34.1 Å². The normalized spacial score (nSPS) is 11.6. The smallest absolute Gasteiger partial charge is 0.296 e. The molecule has 3 aromatic carbocycles. The molecule has 0 saturated carbocycles. The van der Waals surface area contributed by atoms with Crippen molar-refractivity contribution < 1.29 is 19.5 Å². The highest BCUT2D eigenvalue weighted by Crippen LogP contribution is 2.37. The maximum absolute atomic E-state index is 11.4. The number of hydrogen-bond acceptors (Lipinski definition) is 10. The highest BCUT2D eigenvalue weighted by atomic mass is 16.6. The van der Waals surface area contributed by atoms with Crippen LogP contribution in [0.2, 0.25) is 0 Å². The molecule has 206 valence electrons. The van der Waals surface area contributed by atoms with Gasteiger partial charge in [-0.15, -0.1) is 15.3 Å². The molecule has 0 saturated heterocycles. The molecule has 0 bridgehead atoms. The number of aryl methyl sites for hydroxylation is 2. The number of nitro groups is 1. The standard InChI is InChI=1S/C28H34N6O5/c1-19(2)39-15-13-33(12-14-35)23-9-7-22(8-10-23)29-32-26-17-21(4)25(18-28(26)38-5)31-30-24-11-6-20(3)16-27(24)34(36)37/h6-11,16-19,35H,12-15H2,1-5H3/b31-30+,32-29+. The molecular formula is C28H34N6O5. The third kappa shape index (κ3) is 8.39. The van der Waals surface area contributed by atoms with Crippen LogP contribution < -0.4 is 9.64 Å². The summed E-state index contributed by atoms with van der Waals surface area (Å²) >= 11 is 0. The Morgan fingerprint density at radius 3 is 2.26 bits per heavy atom. The van der Waals surface area contributed by atoms with Gasteiger partial charge in [0.25, 0.3) is 5.69 Å². The van der Waals surface area contributed by atoms with Crippen molar-refractivity contribution >= 4 is 34.1 Å². The number of azo groups is 2. The van der Waals surface area contributed by atoms with E-state index in [4.69, 9.17) is 9.47 Å². The lowest BCUT2D eigenvalue weighted by Gasteiger charge is -2.24. The molecule has 0 atom stereocenters. The highest BCUT2D eigenvalue weighted by molar-refractivity contribution is 5.64. The van der Waals surface area contributed by atoms with Gasteiger partial charge in [-0.05, 0) is 75.2 Å². The Bertz CT molecular complexity index is 1320. The summed E-state index contributed by atoms with van der Waals surface area (Å²) in [5.74, 6) is 0.438. The van der Waals surface area contributed by atoms with Gasteiger partial charge in [0.1, 0.15) is 11.4 Å². The fourth-order valence-electron chi connectivity index (χ4n) is 3.71. The average molecular weight is 535 g/mol. The Hall–Kier alpha value is -4.22. The Kier molecular flexibility index (Phi) is 10.6. The van der Waals surface area contributed by atoms with E-state index in [1.165, 1.54) is 13.2 Å². The van der Waals surface area contributed by atoms with Gasteiger partial charge >= 0.3 is 0 Å². The first kappa shape index (κ1) is 29.3. The van der Waals surface area contributed by atoms with Crippen LogP contribution >= 0.6 is 0 Å². The fourth-order valence-corrected chi connectivity index (χ4v) is 3.71. The largest absolute Gasteiger partial charge is 0.494 e. The number of aliphatic hydroxyl groups excluding tert-OH is 1. The van der Waals surface area contributed by atoms with E-state index in [0.717, 1.165) is 16.8 Å². The maximum atomic E-state index is 11.4. The van der Waals surface area contributed by atoms with Crippen LogP contribution in [0.15, 0.2) is 75.1 Å². The van der Waals surface area contributed by atoms with Crippen molar-refractivity contribution in [3.63, 3.8) is 0 Å². The first-order valence-electron chi connectivity index (χ1n) is 12.6. The summed E-state index contributed by atoms with van der Waals surface area (Å²) in [6, 6.07) is 15.8. The molecule has 0 amide bonds. The van der Waals surface area contributed by atoms with Gasteiger partial charge in [-0.25, -0.2) is 0 Å². The van der Waals surface area contributed by atoms with Crippen LogP contribution in [0.25, 0.3) is 0 Å². The molecule has 0 aliphatic rings. The van der Waals surface area contributed by atoms with Crippen molar-refractivity contribution in [2.24, 2.45) is 20.5 Å². The number of benzene rings is 3. The number of methoxy groups -OCH3 is 1. The lowest BCUT2D eigenvalue weighted by Crippen LogP contribution is -2.30. The first-order valence-corrected chi connectivity index (χ1v) is 12.6. The molecule has 0 spiro atoms. The molecule has 11 nitrogen and oxygen atoms in total. The Balaban J connectivity index is 1.77. The summed E-state index contributed by atoms with van der Waals surface area (Å²) in [4.78, 5) is 12.9. The number of anilines is 1. The number of ether oxygens (including phenoxy) is 2. The molecule has 3 aromatic rings. The second-order valence-corrected chi connectivity index (χ2v) is 9.11. The van der Waals surface area contributed by atoms with E-state index in [1.807, 2.05) is 49.9 Å². The summed E-state index contributed by atoms with van der Waals surface area (Å²) in [6.45, 7) is 9.37. The van der Waals surface area contributed by atoms with Gasteiger partial charge in [-0.1, -0.05) is 6.07 Å². The van der Waals surface area contributed by atoms with Crippen LogP contribution in [0, 0.1) is 24.0 Å². The minimum atomic E-state index is -0.476. The number of aliphatic hydroxyl groups is 1. The van der Waals surface area contributed by atoms with Gasteiger partial charge in [-0.3, -0.25) is 10.1 Å². The van der Waals surface area contributed by atoms with E-state index < -0.39 is 4.92 Å². The van der Waals surface area contributed by atoms with Crippen molar-refractivity contribution in [1.29, 1.82) is 0 Å². The molecule has 0 fully saturated rings. The molecular weight excluding hydrogens is 500 g/mol. The maximum Gasteiger partial charge on any atom is 0.296 e. The van der Waals surface area contributed by atoms with Gasteiger partial charge in [0, 0.05) is 30.9 Å². The predicted molar refractivity (Wildman–Crippen MR) is 151 cm³/mol. The first-order chi connectivity index (χ1) is 18.7. The zero-order valence-electron chi connectivity index (χ0n) is 22.9.